The van der Waals surface area contributed by atoms with Crippen LogP contribution in [0.1, 0.15) is 46.4 Å². The number of hydrogen-bond donors (Lipinski definition) is 2. The molecule has 0 saturated heterocycles. The molecule has 0 spiro atoms. The monoisotopic (exact) mass is 248 g/mol. The summed E-state index contributed by atoms with van der Waals surface area (Å²) in [4.78, 5) is 22.6. The predicted octanol–water partition coefficient (Wildman–Crippen LogP) is 1.75. The lowest BCUT2D eigenvalue weighted by molar-refractivity contribution is 0.0947. The first kappa shape index (κ1) is 14.4. The lowest BCUT2D eigenvalue weighted by Gasteiger charge is -2.06. The smallest absolute Gasteiger partial charge is 0.252 e. The van der Waals surface area contributed by atoms with Crippen LogP contribution >= 0.6 is 0 Å². The van der Waals surface area contributed by atoms with Gasteiger partial charge in [0, 0.05) is 17.7 Å². The van der Waals surface area contributed by atoms with Crippen LogP contribution in [-0.2, 0) is 0 Å². The van der Waals surface area contributed by atoms with Crippen LogP contribution in [0.25, 0.3) is 0 Å². The molecule has 0 atom stereocenters. The summed E-state index contributed by atoms with van der Waals surface area (Å²) >= 11 is 0. The highest BCUT2D eigenvalue weighted by Gasteiger charge is 2.08. The Hall–Kier alpha value is -1.68. The first-order valence-electron chi connectivity index (χ1n) is 6.32. The number of rotatable bonds is 8. The number of amides is 1. The number of hydrogen-bond acceptors (Lipinski definition) is 3. The van der Waals surface area contributed by atoms with Gasteiger partial charge in [0.05, 0.1) is 0 Å². The molecular weight excluding hydrogens is 228 g/mol. The quantitative estimate of drug-likeness (QED) is 0.544. The van der Waals surface area contributed by atoms with Crippen molar-refractivity contribution < 1.29 is 9.59 Å². The van der Waals surface area contributed by atoms with Gasteiger partial charge in [-0.15, -0.1) is 0 Å². The number of nitrogens with two attached hydrogens (primary N) is 1. The molecule has 4 heteroatoms. The third-order valence-corrected chi connectivity index (χ3v) is 2.75. The molecule has 1 amide bonds. The molecule has 1 aromatic carbocycles. The van der Waals surface area contributed by atoms with Crippen LogP contribution in [0.2, 0.25) is 0 Å². The third-order valence-electron chi connectivity index (χ3n) is 2.75. The summed E-state index contributed by atoms with van der Waals surface area (Å²) in [6, 6.07) is 6.80. The maximum Gasteiger partial charge on any atom is 0.252 e. The number of nitrogens with one attached hydrogen (secondary N) is 1. The SMILES string of the molecule is NCCCCCCNC(=O)c1ccccc1C=O. The average Bonchev–Trinajstić information content (AvgIpc) is 2.42. The minimum Gasteiger partial charge on any atom is -0.352 e. The fraction of sp³-hybridized carbons (Fsp3) is 0.429. The normalized spacial score (nSPS) is 10.1. The third kappa shape index (κ3) is 4.67. The lowest BCUT2D eigenvalue weighted by atomic mass is 10.1. The van der Waals surface area contributed by atoms with Crippen LogP contribution < -0.4 is 11.1 Å². The topological polar surface area (TPSA) is 72.2 Å². The Bertz CT molecular complexity index is 391. The van der Waals surface area contributed by atoms with Crippen molar-refractivity contribution in [1.82, 2.24) is 5.32 Å². The average molecular weight is 248 g/mol. The zero-order valence-electron chi connectivity index (χ0n) is 10.5. The molecule has 1 aromatic rings. The molecule has 0 radical (unpaired) electrons. The van der Waals surface area contributed by atoms with Gasteiger partial charge in [-0.25, -0.2) is 0 Å². The molecule has 0 unspecified atom stereocenters. The Labute approximate surface area is 108 Å². The van der Waals surface area contributed by atoms with E-state index in [4.69, 9.17) is 5.73 Å². The zero-order valence-corrected chi connectivity index (χ0v) is 10.5. The standard InChI is InChI=1S/C14H20N2O2/c15-9-5-1-2-6-10-16-14(18)13-8-4-3-7-12(13)11-17/h3-4,7-8,11H,1-2,5-6,9-10,15H2,(H,16,18). The van der Waals surface area contributed by atoms with E-state index in [1.807, 2.05) is 0 Å². The van der Waals surface area contributed by atoms with E-state index in [-0.39, 0.29) is 5.91 Å². The Morgan fingerprint density at radius 2 is 1.89 bits per heavy atom. The highest BCUT2D eigenvalue weighted by molar-refractivity contribution is 6.01. The summed E-state index contributed by atoms with van der Waals surface area (Å²) in [7, 11) is 0. The van der Waals surface area contributed by atoms with Gasteiger partial charge in [-0.05, 0) is 25.5 Å². The van der Waals surface area contributed by atoms with Gasteiger partial charge in [-0.2, -0.15) is 0 Å². The number of aldehydes is 1. The highest BCUT2D eigenvalue weighted by atomic mass is 16.1. The highest BCUT2D eigenvalue weighted by Crippen LogP contribution is 2.06. The Morgan fingerprint density at radius 3 is 2.61 bits per heavy atom. The van der Waals surface area contributed by atoms with Gasteiger partial charge in [0.15, 0.2) is 6.29 Å². The number of carbonyl (C=O) groups excluding carboxylic acids is 2. The summed E-state index contributed by atoms with van der Waals surface area (Å²) in [5.74, 6) is -0.184. The molecule has 0 heterocycles. The van der Waals surface area contributed by atoms with E-state index < -0.39 is 0 Å². The van der Waals surface area contributed by atoms with Crippen molar-refractivity contribution in [3.05, 3.63) is 35.4 Å². The first-order valence-corrected chi connectivity index (χ1v) is 6.32. The number of benzene rings is 1. The van der Waals surface area contributed by atoms with E-state index in [0.717, 1.165) is 32.2 Å². The van der Waals surface area contributed by atoms with Crippen molar-refractivity contribution in [3.63, 3.8) is 0 Å². The molecule has 18 heavy (non-hydrogen) atoms. The largest absolute Gasteiger partial charge is 0.352 e. The van der Waals surface area contributed by atoms with Gasteiger partial charge in [-0.3, -0.25) is 9.59 Å². The summed E-state index contributed by atoms with van der Waals surface area (Å²) in [6.45, 7) is 1.36. The molecule has 1 rings (SSSR count). The summed E-state index contributed by atoms with van der Waals surface area (Å²) in [5.41, 5.74) is 6.26. The van der Waals surface area contributed by atoms with Gasteiger partial charge in [0.2, 0.25) is 0 Å². The van der Waals surface area contributed by atoms with Crippen molar-refractivity contribution in [3.8, 4) is 0 Å². The van der Waals surface area contributed by atoms with Gasteiger partial charge >= 0.3 is 0 Å². The molecule has 98 valence electrons. The number of carbonyl (C=O) groups is 2. The van der Waals surface area contributed by atoms with E-state index in [9.17, 15) is 9.59 Å². The van der Waals surface area contributed by atoms with E-state index >= 15 is 0 Å². The summed E-state index contributed by atoms with van der Waals surface area (Å²) in [5, 5.41) is 2.82. The molecular formula is C14H20N2O2. The first-order chi connectivity index (χ1) is 8.79. The number of unbranched alkanes of at least 4 members (excludes halogenated alkanes) is 3. The van der Waals surface area contributed by atoms with E-state index in [0.29, 0.717) is 24.0 Å². The minimum absolute atomic E-state index is 0.184. The van der Waals surface area contributed by atoms with Crippen LogP contribution in [0.3, 0.4) is 0 Å². The molecule has 0 saturated carbocycles. The van der Waals surface area contributed by atoms with E-state index in [1.165, 1.54) is 0 Å². The van der Waals surface area contributed by atoms with Gasteiger partial charge < -0.3 is 11.1 Å². The van der Waals surface area contributed by atoms with Gasteiger partial charge in [-0.1, -0.05) is 31.0 Å². The van der Waals surface area contributed by atoms with Crippen LogP contribution in [-0.4, -0.2) is 25.3 Å². The molecule has 0 aliphatic heterocycles. The molecule has 0 aliphatic rings. The fourth-order valence-electron chi connectivity index (χ4n) is 1.73. The maximum absolute atomic E-state index is 11.8. The van der Waals surface area contributed by atoms with Crippen LogP contribution in [0, 0.1) is 0 Å². The molecule has 3 N–H and O–H groups in total. The Kier molecular flexibility index (Phi) is 6.72. The van der Waals surface area contributed by atoms with Crippen LogP contribution in [0.4, 0.5) is 0 Å². The van der Waals surface area contributed by atoms with Gasteiger partial charge in [0.1, 0.15) is 0 Å². The maximum atomic E-state index is 11.8. The second-order valence-electron chi connectivity index (χ2n) is 4.16. The van der Waals surface area contributed by atoms with Crippen molar-refractivity contribution >= 4 is 12.2 Å². The van der Waals surface area contributed by atoms with E-state index in [1.54, 1.807) is 24.3 Å². The molecule has 0 aromatic heterocycles. The molecule has 0 fully saturated rings. The predicted molar refractivity (Wildman–Crippen MR) is 71.7 cm³/mol. The Morgan fingerprint density at radius 1 is 1.17 bits per heavy atom. The zero-order chi connectivity index (χ0) is 13.2. The molecule has 4 nitrogen and oxygen atoms in total. The minimum atomic E-state index is -0.184. The summed E-state index contributed by atoms with van der Waals surface area (Å²) in [6.07, 6.45) is 4.83. The second kappa shape index (κ2) is 8.42. The van der Waals surface area contributed by atoms with Crippen LogP contribution in [0.5, 0.6) is 0 Å². The van der Waals surface area contributed by atoms with Crippen molar-refractivity contribution in [2.75, 3.05) is 13.1 Å². The van der Waals surface area contributed by atoms with Gasteiger partial charge in [0.25, 0.3) is 5.91 Å². The van der Waals surface area contributed by atoms with Crippen molar-refractivity contribution in [2.24, 2.45) is 5.73 Å². The molecule has 0 bridgehead atoms. The van der Waals surface area contributed by atoms with Crippen molar-refractivity contribution in [1.29, 1.82) is 0 Å². The second-order valence-corrected chi connectivity index (χ2v) is 4.16. The Balaban J connectivity index is 2.34. The van der Waals surface area contributed by atoms with Crippen LogP contribution in [0.15, 0.2) is 24.3 Å². The fourth-order valence-corrected chi connectivity index (χ4v) is 1.73. The molecule has 0 aliphatic carbocycles. The van der Waals surface area contributed by atoms with E-state index in [2.05, 4.69) is 5.32 Å². The lowest BCUT2D eigenvalue weighted by Crippen LogP contribution is -2.25. The summed E-state index contributed by atoms with van der Waals surface area (Å²) < 4.78 is 0. The van der Waals surface area contributed by atoms with Crippen molar-refractivity contribution in [2.45, 2.75) is 25.7 Å².